The van der Waals surface area contributed by atoms with Crippen LogP contribution in [-0.4, -0.2) is 38.0 Å². The molecule has 0 spiro atoms. The number of alkyl halides is 3. The molecule has 3 heterocycles. The summed E-state index contributed by atoms with van der Waals surface area (Å²) in [6.07, 6.45) is -4.54. The minimum atomic E-state index is -4.54. The zero-order chi connectivity index (χ0) is 26.6. The fourth-order valence-corrected chi connectivity index (χ4v) is 8.91. The van der Waals surface area contributed by atoms with Crippen LogP contribution in [0.5, 0.6) is 0 Å². The van der Waals surface area contributed by atoms with Crippen molar-refractivity contribution < 1.29 is 41.8 Å². The SMILES string of the molecule is COC(=O)C1=C(C(=O)OC)SC(=C2Sc3cc4c(cc3S2)C(=O)N(c2ccc(C(F)(F)F)cc2)C4=O)S1. The highest BCUT2D eigenvalue weighted by Crippen LogP contribution is 2.61. The number of hydrogen-bond donors (Lipinski definition) is 0. The number of anilines is 1. The number of nitrogens with zero attached hydrogens (tertiary/aromatic N) is 1. The molecule has 0 saturated heterocycles. The summed E-state index contributed by atoms with van der Waals surface area (Å²) in [5.41, 5.74) is -0.572. The fraction of sp³-hybridized carbons (Fsp3) is 0.130. The quantitative estimate of drug-likeness (QED) is 0.323. The first kappa shape index (κ1) is 25.8. The van der Waals surface area contributed by atoms with Gasteiger partial charge in [-0.3, -0.25) is 9.59 Å². The minimum Gasteiger partial charge on any atom is -0.465 e. The van der Waals surface area contributed by atoms with Gasteiger partial charge in [-0.15, -0.1) is 0 Å². The van der Waals surface area contributed by atoms with Crippen molar-refractivity contribution in [3.63, 3.8) is 0 Å². The van der Waals surface area contributed by atoms with E-state index in [2.05, 4.69) is 0 Å². The van der Waals surface area contributed by atoms with Crippen LogP contribution in [-0.2, 0) is 25.2 Å². The number of fused-ring (bicyclic) bond motifs is 2. The maximum absolute atomic E-state index is 13.1. The number of ether oxygens (including phenoxy) is 2. The molecule has 3 aliphatic rings. The van der Waals surface area contributed by atoms with Gasteiger partial charge >= 0.3 is 18.1 Å². The predicted molar refractivity (Wildman–Crippen MR) is 134 cm³/mol. The third-order valence-corrected chi connectivity index (χ3v) is 10.9. The first-order chi connectivity index (χ1) is 17.5. The van der Waals surface area contributed by atoms with Crippen LogP contribution in [0.1, 0.15) is 26.3 Å². The van der Waals surface area contributed by atoms with E-state index in [1.54, 1.807) is 12.1 Å². The number of hydrogen-bond acceptors (Lipinski definition) is 10. The number of carbonyl (C=O) groups is 4. The van der Waals surface area contributed by atoms with Gasteiger partial charge in [-0.05, 0) is 36.4 Å². The van der Waals surface area contributed by atoms with Crippen molar-refractivity contribution >= 4 is 76.5 Å². The number of thioether (sulfide) groups is 4. The molecule has 0 saturated carbocycles. The zero-order valence-electron chi connectivity index (χ0n) is 18.6. The van der Waals surface area contributed by atoms with Crippen molar-refractivity contribution in [2.24, 2.45) is 0 Å². The molecule has 190 valence electrons. The van der Waals surface area contributed by atoms with Gasteiger partial charge in [-0.2, -0.15) is 13.2 Å². The van der Waals surface area contributed by atoms with Crippen molar-refractivity contribution in [2.75, 3.05) is 19.1 Å². The van der Waals surface area contributed by atoms with Crippen molar-refractivity contribution in [3.8, 4) is 0 Å². The second-order valence-corrected chi connectivity index (χ2v) is 12.1. The summed E-state index contributed by atoms with van der Waals surface area (Å²) in [7, 11) is 2.41. The molecule has 0 fully saturated rings. The first-order valence-corrected chi connectivity index (χ1v) is 13.4. The lowest BCUT2D eigenvalue weighted by Crippen LogP contribution is -2.29. The molecule has 37 heavy (non-hydrogen) atoms. The Kier molecular flexibility index (Phi) is 6.63. The van der Waals surface area contributed by atoms with Crippen LogP contribution in [0.3, 0.4) is 0 Å². The van der Waals surface area contributed by atoms with Gasteiger partial charge in [0.15, 0.2) is 0 Å². The average Bonchev–Trinajstić information content (AvgIpc) is 3.56. The number of halogens is 3. The molecule has 0 bridgehead atoms. The third-order valence-electron chi connectivity index (χ3n) is 5.31. The lowest BCUT2D eigenvalue weighted by Gasteiger charge is -2.15. The molecular weight excluding hydrogens is 572 g/mol. The number of benzene rings is 2. The van der Waals surface area contributed by atoms with Crippen LogP contribution < -0.4 is 4.90 Å². The fourth-order valence-electron chi connectivity index (χ4n) is 3.58. The topological polar surface area (TPSA) is 90.0 Å². The summed E-state index contributed by atoms with van der Waals surface area (Å²) in [5.74, 6) is -2.61. The van der Waals surface area contributed by atoms with Crippen LogP contribution in [0, 0.1) is 0 Å². The lowest BCUT2D eigenvalue weighted by molar-refractivity contribution is -0.138. The summed E-state index contributed by atoms with van der Waals surface area (Å²) >= 11 is 4.77. The molecule has 3 aliphatic heterocycles. The van der Waals surface area contributed by atoms with E-state index in [0.717, 1.165) is 56.9 Å². The Morgan fingerprint density at radius 1 is 0.757 bits per heavy atom. The summed E-state index contributed by atoms with van der Waals surface area (Å²) in [4.78, 5) is 52.9. The highest BCUT2D eigenvalue weighted by Gasteiger charge is 2.41. The first-order valence-electron chi connectivity index (χ1n) is 10.1. The molecule has 2 aromatic rings. The molecule has 0 N–H and O–H groups in total. The van der Waals surface area contributed by atoms with E-state index >= 15 is 0 Å². The van der Waals surface area contributed by atoms with Gasteiger partial charge in [0.25, 0.3) is 11.8 Å². The van der Waals surface area contributed by atoms with Gasteiger partial charge in [-0.25, -0.2) is 14.5 Å². The number of amides is 2. The van der Waals surface area contributed by atoms with Crippen molar-refractivity contribution in [1.29, 1.82) is 0 Å². The normalized spacial score (nSPS) is 16.9. The summed E-state index contributed by atoms with van der Waals surface area (Å²) < 4.78 is 49.6. The Morgan fingerprint density at radius 2 is 1.19 bits per heavy atom. The molecule has 5 rings (SSSR count). The molecule has 0 aromatic heterocycles. The lowest BCUT2D eigenvalue weighted by atomic mass is 10.1. The second-order valence-electron chi connectivity index (χ2n) is 7.46. The van der Waals surface area contributed by atoms with Crippen molar-refractivity contribution in [2.45, 2.75) is 16.0 Å². The van der Waals surface area contributed by atoms with E-state index in [1.807, 2.05) is 0 Å². The smallest absolute Gasteiger partial charge is 0.416 e. The Balaban J connectivity index is 1.42. The number of rotatable bonds is 3. The van der Waals surface area contributed by atoms with E-state index in [-0.39, 0.29) is 26.6 Å². The molecule has 2 amide bonds. The Hall–Kier alpha value is -2.81. The van der Waals surface area contributed by atoms with E-state index in [0.29, 0.717) is 14.0 Å². The maximum atomic E-state index is 13.1. The van der Waals surface area contributed by atoms with Gasteiger partial charge in [0, 0.05) is 9.79 Å². The molecule has 0 atom stereocenters. The predicted octanol–water partition coefficient (Wildman–Crippen LogP) is 5.87. The zero-order valence-corrected chi connectivity index (χ0v) is 21.9. The van der Waals surface area contributed by atoms with Gasteiger partial charge in [-0.1, -0.05) is 47.0 Å². The largest absolute Gasteiger partial charge is 0.465 e. The standard InChI is InChI=1S/C23H12F3NO6S4/c1-32-19(30)15-16(20(31)33-2)37-22(36-15)21-34-13-7-11-12(8-14(13)35-21)18(29)27(17(11)28)10-5-3-9(4-6-10)23(24,25)26/h3-8H,1-2H3. The van der Waals surface area contributed by atoms with Gasteiger partial charge in [0.05, 0.1) is 45.1 Å². The van der Waals surface area contributed by atoms with Gasteiger partial charge < -0.3 is 9.47 Å². The number of carbonyl (C=O) groups excluding carboxylic acids is 4. The molecule has 7 nitrogen and oxygen atoms in total. The highest BCUT2D eigenvalue weighted by molar-refractivity contribution is 8.33. The molecule has 0 unspecified atom stereocenters. The Labute approximate surface area is 224 Å². The van der Waals surface area contributed by atoms with E-state index in [4.69, 9.17) is 9.47 Å². The molecule has 0 radical (unpaired) electrons. The van der Waals surface area contributed by atoms with E-state index in [9.17, 15) is 32.3 Å². The summed E-state index contributed by atoms with van der Waals surface area (Å²) in [6.45, 7) is 0. The monoisotopic (exact) mass is 583 g/mol. The van der Waals surface area contributed by atoms with Crippen LogP contribution in [0.2, 0.25) is 0 Å². The molecule has 2 aromatic carbocycles. The van der Waals surface area contributed by atoms with Crippen molar-refractivity contribution in [3.05, 3.63) is 71.4 Å². The maximum Gasteiger partial charge on any atom is 0.416 e. The van der Waals surface area contributed by atoms with E-state index in [1.165, 1.54) is 37.7 Å². The number of methoxy groups -OCH3 is 2. The number of esters is 2. The van der Waals surface area contributed by atoms with E-state index < -0.39 is 35.5 Å². The summed E-state index contributed by atoms with van der Waals surface area (Å²) in [5, 5.41) is 0. The molecular formula is C23H12F3NO6S4. The van der Waals surface area contributed by atoms with Gasteiger partial charge in [0.2, 0.25) is 0 Å². The highest BCUT2D eigenvalue weighted by atomic mass is 32.2. The molecule has 14 heteroatoms. The van der Waals surface area contributed by atoms with Crippen LogP contribution in [0.25, 0.3) is 0 Å². The van der Waals surface area contributed by atoms with Crippen LogP contribution in [0.15, 0.2) is 64.5 Å². The second kappa shape index (κ2) is 9.49. The van der Waals surface area contributed by atoms with Crippen molar-refractivity contribution in [1.82, 2.24) is 0 Å². The molecule has 0 aliphatic carbocycles. The third kappa shape index (κ3) is 4.45. The van der Waals surface area contributed by atoms with Crippen LogP contribution >= 0.6 is 47.0 Å². The average molecular weight is 584 g/mol. The summed E-state index contributed by atoms with van der Waals surface area (Å²) in [6, 6.07) is 6.95. The minimum absolute atomic E-state index is 0.0398. The van der Waals surface area contributed by atoms with Crippen LogP contribution in [0.4, 0.5) is 18.9 Å². The Bertz CT molecular complexity index is 1390. The number of imide groups is 1. The Morgan fingerprint density at radius 3 is 1.59 bits per heavy atom. The van der Waals surface area contributed by atoms with Gasteiger partial charge in [0.1, 0.15) is 9.81 Å².